The summed E-state index contributed by atoms with van der Waals surface area (Å²) in [7, 11) is 1.73. The summed E-state index contributed by atoms with van der Waals surface area (Å²) in [6, 6.07) is 15.2. The van der Waals surface area contributed by atoms with Gasteiger partial charge in [0.2, 0.25) is 5.91 Å². The number of carbonyl (C=O) groups is 2. The first-order valence-electron chi connectivity index (χ1n) is 8.20. The van der Waals surface area contributed by atoms with Crippen molar-refractivity contribution in [3.05, 3.63) is 65.2 Å². The van der Waals surface area contributed by atoms with E-state index in [1.807, 2.05) is 44.2 Å². The molecule has 2 aromatic rings. The van der Waals surface area contributed by atoms with Crippen LogP contribution in [0.2, 0.25) is 0 Å². The lowest BCUT2D eigenvalue weighted by Gasteiger charge is -2.19. The van der Waals surface area contributed by atoms with Gasteiger partial charge in [-0.2, -0.15) is 0 Å². The quantitative estimate of drug-likeness (QED) is 0.842. The first kappa shape index (κ1) is 18.5. The number of hydrogen-bond acceptors (Lipinski definition) is 3. The Bertz CT molecular complexity index is 729. The summed E-state index contributed by atoms with van der Waals surface area (Å²) >= 11 is 0. The van der Waals surface area contributed by atoms with Crippen LogP contribution in [0.25, 0.3) is 0 Å². The third-order valence-electron chi connectivity index (χ3n) is 3.88. The van der Waals surface area contributed by atoms with Gasteiger partial charge >= 0.3 is 0 Å². The molecule has 1 N–H and O–H groups in total. The zero-order valence-electron chi connectivity index (χ0n) is 14.9. The Kier molecular flexibility index (Phi) is 6.57. The molecule has 0 radical (unpaired) electrons. The molecule has 2 rings (SSSR count). The Labute approximate surface area is 148 Å². The fourth-order valence-corrected chi connectivity index (χ4v) is 2.39. The SMILES string of the molecule is Cc1ccc(CN(C)C(=O)CNC(=O)COc2ccccc2)c(C)c1. The Hall–Kier alpha value is -2.82. The molecule has 0 saturated heterocycles. The fraction of sp³-hybridized carbons (Fsp3) is 0.300. The molecule has 0 fully saturated rings. The molecule has 0 spiro atoms. The van der Waals surface area contributed by atoms with Gasteiger partial charge in [-0.05, 0) is 37.1 Å². The Balaban J connectivity index is 1.76. The Morgan fingerprint density at radius 1 is 1.08 bits per heavy atom. The number of para-hydroxylation sites is 1. The number of ether oxygens (including phenoxy) is 1. The number of nitrogens with zero attached hydrogens (tertiary/aromatic N) is 1. The monoisotopic (exact) mass is 340 g/mol. The van der Waals surface area contributed by atoms with Crippen molar-refractivity contribution >= 4 is 11.8 Å². The second-order valence-electron chi connectivity index (χ2n) is 6.06. The molecule has 0 bridgehead atoms. The second kappa shape index (κ2) is 8.87. The first-order valence-corrected chi connectivity index (χ1v) is 8.20. The van der Waals surface area contributed by atoms with Gasteiger partial charge in [-0.1, -0.05) is 42.0 Å². The van der Waals surface area contributed by atoms with Crippen LogP contribution in [0.4, 0.5) is 0 Å². The molecule has 25 heavy (non-hydrogen) atoms. The van der Waals surface area contributed by atoms with E-state index < -0.39 is 0 Å². The minimum absolute atomic E-state index is 0.0433. The lowest BCUT2D eigenvalue weighted by Crippen LogP contribution is -2.39. The highest BCUT2D eigenvalue weighted by atomic mass is 16.5. The van der Waals surface area contributed by atoms with Crippen LogP contribution in [0.3, 0.4) is 0 Å². The number of likely N-dealkylation sites (N-methyl/N-ethyl adjacent to an activating group) is 1. The van der Waals surface area contributed by atoms with Crippen LogP contribution in [-0.4, -0.2) is 36.9 Å². The summed E-state index contributed by atoms with van der Waals surface area (Å²) in [5.74, 6) is 0.154. The van der Waals surface area contributed by atoms with Crippen LogP contribution in [0, 0.1) is 13.8 Å². The molecule has 0 aliphatic rings. The number of carbonyl (C=O) groups excluding carboxylic acids is 2. The summed E-state index contributed by atoms with van der Waals surface area (Å²) in [6.45, 7) is 4.43. The summed E-state index contributed by atoms with van der Waals surface area (Å²) < 4.78 is 5.35. The Morgan fingerprint density at radius 2 is 1.80 bits per heavy atom. The molecule has 5 nitrogen and oxygen atoms in total. The van der Waals surface area contributed by atoms with Crippen LogP contribution in [0.5, 0.6) is 5.75 Å². The summed E-state index contributed by atoms with van der Waals surface area (Å²) in [5.41, 5.74) is 3.45. The van der Waals surface area contributed by atoms with E-state index in [0.717, 1.165) is 11.1 Å². The highest BCUT2D eigenvalue weighted by molar-refractivity contribution is 5.85. The highest BCUT2D eigenvalue weighted by Crippen LogP contribution is 2.12. The number of hydrogen-bond donors (Lipinski definition) is 1. The highest BCUT2D eigenvalue weighted by Gasteiger charge is 2.12. The molecule has 0 aliphatic carbocycles. The molecule has 0 aromatic heterocycles. The number of benzene rings is 2. The van der Waals surface area contributed by atoms with Crippen LogP contribution in [-0.2, 0) is 16.1 Å². The summed E-state index contributed by atoms with van der Waals surface area (Å²) in [6.07, 6.45) is 0. The topological polar surface area (TPSA) is 58.6 Å². The van der Waals surface area contributed by atoms with Crippen molar-refractivity contribution in [1.82, 2.24) is 10.2 Å². The largest absolute Gasteiger partial charge is 0.484 e. The molecule has 0 saturated carbocycles. The van der Waals surface area contributed by atoms with Gasteiger partial charge < -0.3 is 15.0 Å². The fourth-order valence-electron chi connectivity index (χ4n) is 2.39. The van der Waals surface area contributed by atoms with Gasteiger partial charge in [0.1, 0.15) is 5.75 Å². The number of aryl methyl sites for hydroxylation is 2. The van der Waals surface area contributed by atoms with Crippen LogP contribution in [0.1, 0.15) is 16.7 Å². The molecule has 132 valence electrons. The van der Waals surface area contributed by atoms with E-state index in [4.69, 9.17) is 4.74 Å². The van der Waals surface area contributed by atoms with E-state index in [2.05, 4.69) is 11.4 Å². The second-order valence-corrected chi connectivity index (χ2v) is 6.06. The number of rotatable bonds is 7. The van der Waals surface area contributed by atoms with Gasteiger partial charge in [0.05, 0.1) is 6.54 Å². The lowest BCUT2D eigenvalue weighted by atomic mass is 10.1. The van der Waals surface area contributed by atoms with Crippen molar-refractivity contribution in [3.8, 4) is 5.75 Å². The van der Waals surface area contributed by atoms with Crippen molar-refractivity contribution in [2.75, 3.05) is 20.2 Å². The minimum atomic E-state index is -0.322. The van der Waals surface area contributed by atoms with Gasteiger partial charge in [-0.3, -0.25) is 9.59 Å². The number of nitrogens with one attached hydrogen (secondary N) is 1. The lowest BCUT2D eigenvalue weighted by molar-refractivity contribution is -0.132. The van der Waals surface area contributed by atoms with Crippen LogP contribution in [0.15, 0.2) is 48.5 Å². The summed E-state index contributed by atoms with van der Waals surface area (Å²) in [4.78, 5) is 25.6. The normalized spacial score (nSPS) is 10.2. The first-order chi connectivity index (χ1) is 12.0. The average Bonchev–Trinajstić information content (AvgIpc) is 2.61. The molecule has 0 unspecified atom stereocenters. The van der Waals surface area contributed by atoms with E-state index in [1.165, 1.54) is 5.56 Å². The van der Waals surface area contributed by atoms with Crippen molar-refractivity contribution in [3.63, 3.8) is 0 Å². The third kappa shape index (κ3) is 5.95. The minimum Gasteiger partial charge on any atom is -0.484 e. The maximum absolute atomic E-state index is 12.2. The van der Waals surface area contributed by atoms with Crippen molar-refractivity contribution in [2.45, 2.75) is 20.4 Å². The molecule has 5 heteroatoms. The zero-order chi connectivity index (χ0) is 18.2. The molecular formula is C20H24N2O3. The van der Waals surface area contributed by atoms with Gasteiger partial charge in [-0.25, -0.2) is 0 Å². The molecule has 0 aliphatic heterocycles. The van der Waals surface area contributed by atoms with Crippen LogP contribution < -0.4 is 10.1 Å². The van der Waals surface area contributed by atoms with Crippen molar-refractivity contribution < 1.29 is 14.3 Å². The van der Waals surface area contributed by atoms with Gasteiger partial charge in [-0.15, -0.1) is 0 Å². The molecule has 0 atom stereocenters. The smallest absolute Gasteiger partial charge is 0.258 e. The van der Waals surface area contributed by atoms with E-state index in [9.17, 15) is 9.59 Å². The van der Waals surface area contributed by atoms with E-state index >= 15 is 0 Å². The van der Waals surface area contributed by atoms with Gasteiger partial charge in [0.15, 0.2) is 6.61 Å². The Morgan fingerprint density at radius 3 is 2.48 bits per heavy atom. The van der Waals surface area contributed by atoms with Crippen molar-refractivity contribution in [1.29, 1.82) is 0 Å². The van der Waals surface area contributed by atoms with E-state index in [1.54, 1.807) is 24.1 Å². The third-order valence-corrected chi connectivity index (χ3v) is 3.88. The molecule has 2 amide bonds. The van der Waals surface area contributed by atoms with Gasteiger partial charge in [0.25, 0.3) is 5.91 Å². The van der Waals surface area contributed by atoms with E-state index in [0.29, 0.717) is 12.3 Å². The molecular weight excluding hydrogens is 316 g/mol. The number of amides is 2. The van der Waals surface area contributed by atoms with Crippen LogP contribution >= 0.6 is 0 Å². The maximum Gasteiger partial charge on any atom is 0.258 e. The van der Waals surface area contributed by atoms with E-state index in [-0.39, 0.29) is 25.0 Å². The summed E-state index contributed by atoms with van der Waals surface area (Å²) in [5, 5.41) is 2.59. The zero-order valence-corrected chi connectivity index (χ0v) is 14.9. The molecule has 2 aromatic carbocycles. The standard InChI is InChI=1S/C20H24N2O3/c1-15-9-10-17(16(2)11-15)13-22(3)20(24)12-21-19(23)14-25-18-7-5-4-6-8-18/h4-11H,12-14H2,1-3H3,(H,21,23). The molecule has 0 heterocycles. The average molecular weight is 340 g/mol. The maximum atomic E-state index is 12.2. The predicted molar refractivity (Wildman–Crippen MR) is 97.3 cm³/mol. The van der Waals surface area contributed by atoms with Gasteiger partial charge in [0, 0.05) is 13.6 Å². The van der Waals surface area contributed by atoms with Crippen molar-refractivity contribution in [2.24, 2.45) is 0 Å². The predicted octanol–water partition coefficient (Wildman–Crippen LogP) is 2.46.